The van der Waals surface area contributed by atoms with Gasteiger partial charge in [0.25, 0.3) is 0 Å². The number of benzene rings is 1. The van der Waals surface area contributed by atoms with E-state index in [2.05, 4.69) is 51.7 Å². The Morgan fingerprint density at radius 3 is 2.31 bits per heavy atom. The maximum absolute atomic E-state index is 13.3. The molecule has 2 amide bonds. The molecule has 0 spiro atoms. The van der Waals surface area contributed by atoms with E-state index in [0.717, 1.165) is 77.7 Å². The predicted octanol–water partition coefficient (Wildman–Crippen LogP) is 3.52. The van der Waals surface area contributed by atoms with Crippen molar-refractivity contribution in [1.82, 2.24) is 20.4 Å². The lowest BCUT2D eigenvalue weighted by atomic mass is 9.95. The Balaban J connectivity index is 1.47. The van der Waals surface area contributed by atoms with Gasteiger partial charge >= 0.3 is 0 Å². The molecule has 2 N–H and O–H groups in total. The third-order valence-electron chi connectivity index (χ3n) is 7.75. The monoisotopic (exact) mass is 498 g/mol. The van der Waals surface area contributed by atoms with Crippen LogP contribution in [0.4, 0.5) is 0 Å². The number of likely N-dealkylation sites (tertiary alicyclic amines) is 2. The maximum Gasteiger partial charge on any atom is 0.242 e. The van der Waals surface area contributed by atoms with Crippen molar-refractivity contribution in [3.63, 3.8) is 0 Å². The number of Topliss-reactive ketones (excluding diaryl/α,β-unsaturated/α-hetero) is 1. The molecule has 3 rings (SSSR count). The number of ketones is 1. The summed E-state index contributed by atoms with van der Waals surface area (Å²) in [7, 11) is 2.08. The Labute approximate surface area is 217 Å². The van der Waals surface area contributed by atoms with Crippen LogP contribution in [0.1, 0.15) is 76.7 Å². The van der Waals surface area contributed by atoms with E-state index < -0.39 is 6.04 Å². The van der Waals surface area contributed by atoms with E-state index in [1.165, 1.54) is 5.56 Å². The van der Waals surface area contributed by atoms with Gasteiger partial charge in [0.1, 0.15) is 11.8 Å². The van der Waals surface area contributed by atoms with Crippen molar-refractivity contribution >= 4 is 17.6 Å². The Bertz CT molecular complexity index is 815. The average molecular weight is 499 g/mol. The molecule has 2 heterocycles. The largest absolute Gasteiger partial charge is 0.351 e. The SMILES string of the molecule is CCC(=O)CCCCC[C@H](NC(=O)C1CCN(C)CC1)C(=O)NC1CCN(Cc2ccccc2)CC1. The molecule has 200 valence electrons. The van der Waals surface area contributed by atoms with Crippen molar-refractivity contribution in [3.8, 4) is 0 Å². The van der Waals surface area contributed by atoms with Crippen LogP contribution in [-0.4, -0.2) is 72.7 Å². The van der Waals surface area contributed by atoms with E-state index in [1.807, 2.05) is 13.0 Å². The van der Waals surface area contributed by atoms with Gasteiger partial charge in [0, 0.05) is 44.4 Å². The Hall–Kier alpha value is -2.25. The number of nitrogens with one attached hydrogen (secondary N) is 2. The van der Waals surface area contributed by atoms with Crippen LogP contribution in [-0.2, 0) is 20.9 Å². The molecule has 0 aromatic heterocycles. The van der Waals surface area contributed by atoms with Gasteiger partial charge in [0.2, 0.25) is 11.8 Å². The highest BCUT2D eigenvalue weighted by molar-refractivity contribution is 5.88. The van der Waals surface area contributed by atoms with Gasteiger partial charge in [-0.05, 0) is 64.2 Å². The lowest BCUT2D eigenvalue weighted by molar-refractivity contribution is -0.132. The van der Waals surface area contributed by atoms with Crippen LogP contribution in [0.25, 0.3) is 0 Å². The Morgan fingerprint density at radius 2 is 1.64 bits per heavy atom. The van der Waals surface area contributed by atoms with E-state index in [9.17, 15) is 14.4 Å². The lowest BCUT2D eigenvalue weighted by Gasteiger charge is -2.33. The zero-order chi connectivity index (χ0) is 25.8. The maximum atomic E-state index is 13.3. The van der Waals surface area contributed by atoms with Crippen molar-refractivity contribution in [1.29, 1.82) is 0 Å². The zero-order valence-electron chi connectivity index (χ0n) is 22.3. The van der Waals surface area contributed by atoms with Crippen LogP contribution in [0.2, 0.25) is 0 Å². The first-order valence-corrected chi connectivity index (χ1v) is 14.0. The highest BCUT2D eigenvalue weighted by Gasteiger charge is 2.29. The normalized spacial score (nSPS) is 19.1. The number of hydrogen-bond donors (Lipinski definition) is 2. The van der Waals surface area contributed by atoms with Crippen LogP contribution in [0, 0.1) is 5.92 Å². The fraction of sp³-hybridized carbons (Fsp3) is 0.690. The van der Waals surface area contributed by atoms with E-state index in [1.54, 1.807) is 0 Å². The summed E-state index contributed by atoms with van der Waals surface area (Å²) in [4.78, 5) is 42.5. The average Bonchev–Trinajstić information content (AvgIpc) is 2.89. The molecule has 0 radical (unpaired) electrons. The number of piperidine rings is 2. The number of rotatable bonds is 13. The van der Waals surface area contributed by atoms with Gasteiger partial charge in [-0.2, -0.15) is 0 Å². The highest BCUT2D eigenvalue weighted by atomic mass is 16.2. The zero-order valence-corrected chi connectivity index (χ0v) is 22.3. The van der Waals surface area contributed by atoms with Crippen LogP contribution in [0.5, 0.6) is 0 Å². The molecule has 2 saturated heterocycles. The topological polar surface area (TPSA) is 81.8 Å². The predicted molar refractivity (Wildman–Crippen MR) is 143 cm³/mol. The summed E-state index contributed by atoms with van der Waals surface area (Å²) in [5.41, 5.74) is 1.32. The van der Waals surface area contributed by atoms with Gasteiger partial charge in [-0.3, -0.25) is 19.3 Å². The van der Waals surface area contributed by atoms with Crippen LogP contribution in [0.3, 0.4) is 0 Å². The summed E-state index contributed by atoms with van der Waals surface area (Å²) in [6, 6.07) is 10.1. The molecule has 7 heteroatoms. The number of nitrogens with zero attached hydrogens (tertiary/aromatic N) is 2. The smallest absolute Gasteiger partial charge is 0.242 e. The van der Waals surface area contributed by atoms with Crippen LogP contribution >= 0.6 is 0 Å². The summed E-state index contributed by atoms with van der Waals surface area (Å²) in [5.74, 6) is 0.239. The van der Waals surface area contributed by atoms with Crippen molar-refractivity contribution in [2.75, 3.05) is 33.2 Å². The van der Waals surface area contributed by atoms with Crippen LogP contribution < -0.4 is 10.6 Å². The number of carbonyl (C=O) groups excluding carboxylic acids is 3. The quantitative estimate of drug-likeness (QED) is 0.407. The molecule has 1 aromatic rings. The third-order valence-corrected chi connectivity index (χ3v) is 7.75. The molecule has 0 saturated carbocycles. The van der Waals surface area contributed by atoms with Gasteiger partial charge in [-0.25, -0.2) is 0 Å². The third kappa shape index (κ3) is 9.66. The second-order valence-electron chi connectivity index (χ2n) is 10.7. The van der Waals surface area contributed by atoms with Crippen molar-refractivity contribution < 1.29 is 14.4 Å². The molecule has 2 aliphatic heterocycles. The van der Waals surface area contributed by atoms with Crippen molar-refractivity contribution in [2.45, 2.75) is 89.8 Å². The van der Waals surface area contributed by atoms with E-state index in [0.29, 0.717) is 25.0 Å². The lowest BCUT2D eigenvalue weighted by Crippen LogP contribution is -2.53. The summed E-state index contributed by atoms with van der Waals surface area (Å²) in [6.07, 6.45) is 7.93. The molecule has 0 unspecified atom stereocenters. The molecule has 1 aromatic carbocycles. The minimum atomic E-state index is -0.499. The molecule has 0 bridgehead atoms. The summed E-state index contributed by atoms with van der Waals surface area (Å²) < 4.78 is 0. The fourth-order valence-electron chi connectivity index (χ4n) is 5.23. The standard InChI is InChI=1S/C29H46N4O3/c1-3-26(34)12-8-5-9-13-27(31-28(35)24-14-18-32(2)19-15-24)29(36)30-25-16-20-33(21-17-25)22-23-10-6-4-7-11-23/h4,6-7,10-11,24-25,27H,3,5,8-9,12-22H2,1-2H3,(H,30,36)(H,31,35)/t27-/m0/s1. The number of unbranched alkanes of at least 4 members (excludes halogenated alkanes) is 2. The van der Waals surface area contributed by atoms with Crippen molar-refractivity contribution in [3.05, 3.63) is 35.9 Å². The molecule has 2 fully saturated rings. The molecular weight excluding hydrogens is 452 g/mol. The molecule has 0 aliphatic carbocycles. The fourth-order valence-corrected chi connectivity index (χ4v) is 5.23. The number of carbonyl (C=O) groups is 3. The first-order valence-electron chi connectivity index (χ1n) is 14.0. The van der Waals surface area contributed by atoms with E-state index in [4.69, 9.17) is 0 Å². The minimum absolute atomic E-state index is 0.0140. The van der Waals surface area contributed by atoms with Crippen molar-refractivity contribution in [2.24, 2.45) is 5.92 Å². The molecular formula is C29H46N4O3. The number of hydrogen-bond acceptors (Lipinski definition) is 5. The van der Waals surface area contributed by atoms with Gasteiger partial charge in [0.05, 0.1) is 0 Å². The minimum Gasteiger partial charge on any atom is -0.351 e. The first kappa shape index (κ1) is 28.3. The van der Waals surface area contributed by atoms with Gasteiger partial charge < -0.3 is 15.5 Å². The first-order chi connectivity index (χ1) is 17.4. The van der Waals surface area contributed by atoms with Crippen LogP contribution in [0.15, 0.2) is 30.3 Å². The summed E-state index contributed by atoms with van der Waals surface area (Å²) in [6.45, 7) is 6.59. The Kier molecular flexibility index (Phi) is 11.9. The number of amides is 2. The molecule has 7 nitrogen and oxygen atoms in total. The second kappa shape index (κ2) is 15.1. The summed E-state index contributed by atoms with van der Waals surface area (Å²) >= 11 is 0. The van der Waals surface area contributed by atoms with Gasteiger partial charge in [-0.1, -0.05) is 50.1 Å². The Morgan fingerprint density at radius 1 is 0.944 bits per heavy atom. The van der Waals surface area contributed by atoms with Gasteiger partial charge in [0.15, 0.2) is 0 Å². The highest BCUT2D eigenvalue weighted by Crippen LogP contribution is 2.18. The summed E-state index contributed by atoms with van der Waals surface area (Å²) in [5, 5.41) is 6.34. The van der Waals surface area contributed by atoms with E-state index in [-0.39, 0.29) is 23.8 Å². The second-order valence-corrected chi connectivity index (χ2v) is 10.7. The van der Waals surface area contributed by atoms with Gasteiger partial charge in [-0.15, -0.1) is 0 Å². The molecule has 1 atom stereocenters. The van der Waals surface area contributed by atoms with E-state index >= 15 is 0 Å². The molecule has 2 aliphatic rings. The molecule has 36 heavy (non-hydrogen) atoms.